The van der Waals surface area contributed by atoms with E-state index in [-0.39, 0.29) is 5.91 Å². The van der Waals surface area contributed by atoms with Crippen LogP contribution in [0.1, 0.15) is 10.4 Å². The zero-order valence-corrected chi connectivity index (χ0v) is 16.5. The molecule has 1 saturated heterocycles. The van der Waals surface area contributed by atoms with Gasteiger partial charge in [-0.15, -0.1) is 0 Å². The number of anilines is 3. The largest absolute Gasteiger partial charge is 0.368 e. The lowest BCUT2D eigenvalue weighted by molar-refractivity contribution is 0.102. The Bertz CT molecular complexity index is 1150. The Labute approximate surface area is 174 Å². The average Bonchev–Trinajstić information content (AvgIpc) is 3.28. The van der Waals surface area contributed by atoms with Crippen LogP contribution in [0.2, 0.25) is 0 Å². The van der Waals surface area contributed by atoms with Crippen molar-refractivity contribution >= 4 is 28.7 Å². The van der Waals surface area contributed by atoms with Gasteiger partial charge >= 0.3 is 0 Å². The molecule has 0 unspecified atom stereocenters. The van der Waals surface area contributed by atoms with Crippen molar-refractivity contribution in [2.24, 2.45) is 0 Å². The van der Waals surface area contributed by atoms with Crippen LogP contribution in [-0.4, -0.2) is 46.5 Å². The highest BCUT2D eigenvalue weighted by atomic mass is 16.1. The molecule has 0 saturated carbocycles. The van der Waals surface area contributed by atoms with Crippen molar-refractivity contribution in [3.8, 4) is 0 Å². The van der Waals surface area contributed by atoms with Gasteiger partial charge in [-0.2, -0.15) is 0 Å². The number of hydrogen-bond acceptors (Lipinski definition) is 5. The Morgan fingerprint density at radius 2 is 1.63 bits per heavy atom. The van der Waals surface area contributed by atoms with Crippen LogP contribution in [0.3, 0.4) is 0 Å². The molecule has 150 valence electrons. The third kappa shape index (κ3) is 3.69. The van der Waals surface area contributed by atoms with Crippen molar-refractivity contribution in [1.29, 1.82) is 0 Å². The molecule has 0 radical (unpaired) electrons. The van der Waals surface area contributed by atoms with Crippen LogP contribution < -0.4 is 15.1 Å². The first-order chi connectivity index (χ1) is 14.8. The lowest BCUT2D eigenvalue weighted by Crippen LogP contribution is -2.46. The third-order valence-electron chi connectivity index (χ3n) is 5.40. The first kappa shape index (κ1) is 18.2. The Kier molecular flexibility index (Phi) is 4.77. The summed E-state index contributed by atoms with van der Waals surface area (Å²) in [5, 5.41) is 2.96. The summed E-state index contributed by atoms with van der Waals surface area (Å²) in [4.78, 5) is 25.9. The van der Waals surface area contributed by atoms with Crippen LogP contribution in [-0.2, 0) is 0 Å². The molecule has 0 bridgehead atoms. The molecule has 3 aromatic heterocycles. The number of aromatic nitrogens is 3. The maximum absolute atomic E-state index is 12.6. The van der Waals surface area contributed by atoms with E-state index in [0.29, 0.717) is 5.56 Å². The number of hydrogen-bond donors (Lipinski definition) is 1. The van der Waals surface area contributed by atoms with Crippen molar-refractivity contribution in [1.82, 2.24) is 14.4 Å². The van der Waals surface area contributed by atoms with Gasteiger partial charge in [0.1, 0.15) is 11.5 Å². The minimum Gasteiger partial charge on any atom is -0.368 e. The monoisotopic (exact) mass is 398 g/mol. The molecule has 4 aromatic rings. The Balaban J connectivity index is 1.21. The van der Waals surface area contributed by atoms with E-state index in [0.717, 1.165) is 49.0 Å². The number of benzene rings is 1. The van der Waals surface area contributed by atoms with E-state index in [1.807, 2.05) is 47.3 Å². The van der Waals surface area contributed by atoms with Crippen LogP contribution in [0.25, 0.3) is 5.65 Å². The topological polar surface area (TPSA) is 65.8 Å². The molecule has 0 atom stereocenters. The normalized spacial score (nSPS) is 14.1. The molecule has 30 heavy (non-hydrogen) atoms. The number of amides is 1. The summed E-state index contributed by atoms with van der Waals surface area (Å²) in [6, 6.07) is 17.6. The molecule has 7 heteroatoms. The molecule has 1 aromatic carbocycles. The van der Waals surface area contributed by atoms with Crippen molar-refractivity contribution < 1.29 is 4.79 Å². The number of carbonyl (C=O) groups excluding carboxylic acids is 1. The molecule has 7 nitrogen and oxygen atoms in total. The van der Waals surface area contributed by atoms with Gasteiger partial charge in [-0.1, -0.05) is 6.07 Å². The number of imidazole rings is 1. The fourth-order valence-electron chi connectivity index (χ4n) is 3.74. The highest BCUT2D eigenvalue weighted by molar-refractivity contribution is 6.04. The molecular weight excluding hydrogens is 376 g/mol. The van der Waals surface area contributed by atoms with Crippen LogP contribution in [0.5, 0.6) is 0 Å². The van der Waals surface area contributed by atoms with Crippen LogP contribution >= 0.6 is 0 Å². The molecule has 1 amide bonds. The summed E-state index contributed by atoms with van der Waals surface area (Å²) in [5.41, 5.74) is 3.28. The van der Waals surface area contributed by atoms with Gasteiger partial charge in [0.15, 0.2) is 0 Å². The smallest absolute Gasteiger partial charge is 0.255 e. The SMILES string of the molecule is O=C(Nc1ccc(N2CCN(c3ccccn3)CC2)cc1)c1ccn2ccnc2c1. The van der Waals surface area contributed by atoms with E-state index in [9.17, 15) is 4.79 Å². The van der Waals surface area contributed by atoms with E-state index in [2.05, 4.69) is 43.3 Å². The summed E-state index contributed by atoms with van der Waals surface area (Å²) in [6.07, 6.45) is 7.24. The van der Waals surface area contributed by atoms with E-state index in [1.165, 1.54) is 0 Å². The van der Waals surface area contributed by atoms with E-state index in [4.69, 9.17) is 0 Å². The number of rotatable bonds is 4. The Hall–Kier alpha value is -3.87. The quantitative estimate of drug-likeness (QED) is 0.571. The maximum Gasteiger partial charge on any atom is 0.255 e. The van der Waals surface area contributed by atoms with Crippen molar-refractivity contribution in [2.45, 2.75) is 0 Å². The summed E-state index contributed by atoms with van der Waals surface area (Å²) in [6.45, 7) is 3.75. The van der Waals surface area contributed by atoms with Gasteiger partial charge in [0.25, 0.3) is 5.91 Å². The predicted octanol–water partition coefficient (Wildman–Crippen LogP) is 3.31. The molecule has 1 aliphatic rings. The highest BCUT2D eigenvalue weighted by Gasteiger charge is 2.18. The first-order valence-electron chi connectivity index (χ1n) is 10.0. The molecule has 1 aliphatic heterocycles. The van der Waals surface area contributed by atoms with Crippen molar-refractivity contribution in [3.05, 3.63) is 84.9 Å². The number of nitrogens with zero attached hydrogens (tertiary/aromatic N) is 5. The molecule has 4 heterocycles. The molecule has 0 aliphatic carbocycles. The number of carbonyl (C=O) groups is 1. The van der Waals surface area contributed by atoms with Gasteiger partial charge < -0.3 is 19.5 Å². The van der Waals surface area contributed by atoms with Gasteiger partial charge in [-0.3, -0.25) is 4.79 Å². The zero-order chi connectivity index (χ0) is 20.3. The number of fused-ring (bicyclic) bond motifs is 1. The molecule has 1 N–H and O–H groups in total. The molecule has 1 fully saturated rings. The lowest BCUT2D eigenvalue weighted by Gasteiger charge is -2.36. The third-order valence-corrected chi connectivity index (χ3v) is 5.40. The fourth-order valence-corrected chi connectivity index (χ4v) is 3.74. The summed E-state index contributed by atoms with van der Waals surface area (Å²) in [5.74, 6) is 0.890. The Morgan fingerprint density at radius 1 is 0.833 bits per heavy atom. The van der Waals surface area contributed by atoms with E-state index < -0.39 is 0 Å². The van der Waals surface area contributed by atoms with Crippen LogP contribution in [0.15, 0.2) is 79.4 Å². The maximum atomic E-state index is 12.6. The number of piperazine rings is 1. The van der Waals surface area contributed by atoms with E-state index in [1.54, 1.807) is 18.3 Å². The Morgan fingerprint density at radius 3 is 2.40 bits per heavy atom. The highest BCUT2D eigenvalue weighted by Crippen LogP contribution is 2.21. The molecular formula is C23H22N6O. The second-order valence-corrected chi connectivity index (χ2v) is 7.27. The van der Waals surface area contributed by atoms with Gasteiger partial charge in [0.05, 0.1) is 0 Å². The summed E-state index contributed by atoms with van der Waals surface area (Å²) >= 11 is 0. The van der Waals surface area contributed by atoms with Crippen molar-refractivity contribution in [2.75, 3.05) is 41.3 Å². The minimum absolute atomic E-state index is 0.141. The van der Waals surface area contributed by atoms with Gasteiger partial charge in [0.2, 0.25) is 0 Å². The van der Waals surface area contributed by atoms with Crippen molar-refractivity contribution in [3.63, 3.8) is 0 Å². The molecule has 5 rings (SSSR count). The zero-order valence-electron chi connectivity index (χ0n) is 16.5. The van der Waals surface area contributed by atoms with Crippen LogP contribution in [0.4, 0.5) is 17.2 Å². The number of pyridine rings is 2. The second-order valence-electron chi connectivity index (χ2n) is 7.27. The number of nitrogens with one attached hydrogen (secondary N) is 1. The fraction of sp³-hybridized carbons (Fsp3) is 0.174. The standard InChI is InChI=1S/C23H22N6O/c30-23(18-8-11-28-12-10-25-22(28)17-18)26-19-4-6-20(7-5-19)27-13-15-29(16-14-27)21-3-1-2-9-24-21/h1-12,17H,13-16H2,(H,26,30). The minimum atomic E-state index is -0.141. The lowest BCUT2D eigenvalue weighted by atomic mass is 10.2. The average molecular weight is 398 g/mol. The van der Waals surface area contributed by atoms with E-state index >= 15 is 0 Å². The molecule has 0 spiro atoms. The van der Waals surface area contributed by atoms with Gasteiger partial charge in [-0.05, 0) is 48.5 Å². The van der Waals surface area contributed by atoms with Gasteiger partial charge in [0, 0.05) is 67.9 Å². The summed E-state index contributed by atoms with van der Waals surface area (Å²) < 4.78 is 1.87. The summed E-state index contributed by atoms with van der Waals surface area (Å²) in [7, 11) is 0. The second kappa shape index (κ2) is 7.87. The first-order valence-corrected chi connectivity index (χ1v) is 10.0. The van der Waals surface area contributed by atoms with Crippen LogP contribution in [0, 0.1) is 0 Å². The predicted molar refractivity (Wildman–Crippen MR) is 118 cm³/mol. The van der Waals surface area contributed by atoms with Gasteiger partial charge in [-0.25, -0.2) is 9.97 Å².